The number of benzene rings is 3. The van der Waals surface area contributed by atoms with Crippen LogP contribution in [0.15, 0.2) is 71.7 Å². The van der Waals surface area contributed by atoms with Gasteiger partial charge in [-0.2, -0.15) is 8.42 Å². The molecule has 0 fully saturated rings. The molecule has 0 saturated carbocycles. The zero-order chi connectivity index (χ0) is 26.8. The molecule has 1 amide bonds. The third-order valence-electron chi connectivity index (χ3n) is 6.04. The molecule has 1 heterocycles. The lowest BCUT2D eigenvalue weighted by Crippen LogP contribution is -2.41. The van der Waals surface area contributed by atoms with E-state index in [9.17, 15) is 17.6 Å². The van der Waals surface area contributed by atoms with E-state index in [0.717, 1.165) is 0 Å². The van der Waals surface area contributed by atoms with E-state index < -0.39 is 21.5 Å². The maximum absolute atomic E-state index is 14.0. The first-order chi connectivity index (χ1) is 17.6. The number of amides is 1. The van der Waals surface area contributed by atoms with E-state index in [1.165, 1.54) is 44.4 Å². The van der Waals surface area contributed by atoms with Crippen molar-refractivity contribution in [2.24, 2.45) is 10.7 Å². The van der Waals surface area contributed by atoms with Crippen LogP contribution in [0.4, 0.5) is 4.39 Å². The molecule has 1 aliphatic heterocycles. The molecule has 0 aromatic heterocycles. The smallest absolute Gasteiger partial charge is 0.311 e. The van der Waals surface area contributed by atoms with Gasteiger partial charge < -0.3 is 19.4 Å². The van der Waals surface area contributed by atoms with Crippen LogP contribution in [-0.2, 0) is 25.2 Å². The Morgan fingerprint density at radius 1 is 1.00 bits per heavy atom. The number of ether oxygens (including phenoxy) is 2. The maximum Gasteiger partial charge on any atom is 0.311 e. The Balaban J connectivity index is 1.78. The van der Waals surface area contributed by atoms with Gasteiger partial charge in [0.15, 0.2) is 23.1 Å². The number of likely N-dealkylation sites (N-methyl/N-ethyl adjacent to an activating group) is 1. The van der Waals surface area contributed by atoms with E-state index >= 15 is 0 Å². The molecule has 1 unspecified atom stereocenters. The average Bonchev–Trinajstić information content (AvgIpc) is 3.12. The van der Waals surface area contributed by atoms with Gasteiger partial charge in [-0.25, -0.2) is 9.38 Å². The van der Waals surface area contributed by atoms with Crippen LogP contribution in [-0.4, -0.2) is 58.8 Å². The Bertz CT molecular complexity index is 1460. The van der Waals surface area contributed by atoms with E-state index in [4.69, 9.17) is 19.4 Å². The Hall–Kier alpha value is -3.96. The summed E-state index contributed by atoms with van der Waals surface area (Å²) >= 11 is 0. The van der Waals surface area contributed by atoms with Crippen molar-refractivity contribution in [3.8, 4) is 22.6 Å². The summed E-state index contributed by atoms with van der Waals surface area (Å²) in [5, 5.41) is 0. The molecule has 194 valence electrons. The zero-order valence-electron chi connectivity index (χ0n) is 20.5. The fraction of sp³-hybridized carbons (Fsp3) is 0.231. The third-order valence-corrected chi connectivity index (χ3v) is 7.15. The van der Waals surface area contributed by atoms with Gasteiger partial charge in [0.05, 0.1) is 13.7 Å². The second-order valence-electron chi connectivity index (χ2n) is 8.34. The summed E-state index contributed by atoms with van der Waals surface area (Å²) in [5.74, 6) is -0.984. The highest BCUT2D eigenvalue weighted by Crippen LogP contribution is 2.41. The molecule has 1 atom stereocenters. The van der Waals surface area contributed by atoms with Crippen molar-refractivity contribution in [1.82, 2.24) is 4.90 Å². The number of guanidine groups is 1. The molecule has 3 aromatic rings. The molecular formula is C26H26FN3O6S. The van der Waals surface area contributed by atoms with Gasteiger partial charge >= 0.3 is 10.1 Å². The lowest BCUT2D eigenvalue weighted by Gasteiger charge is -2.26. The molecule has 1 aliphatic rings. The van der Waals surface area contributed by atoms with Crippen LogP contribution in [0.25, 0.3) is 11.1 Å². The molecule has 2 N–H and O–H groups in total. The Morgan fingerprint density at radius 3 is 2.32 bits per heavy atom. The summed E-state index contributed by atoms with van der Waals surface area (Å²) in [6.45, 7) is -0.00533. The maximum atomic E-state index is 14.0. The van der Waals surface area contributed by atoms with E-state index in [2.05, 4.69) is 4.99 Å². The number of nitrogens with two attached hydrogens (primary N) is 1. The lowest BCUT2D eigenvalue weighted by molar-refractivity contribution is -0.129. The van der Waals surface area contributed by atoms with Crippen molar-refractivity contribution in [3.05, 3.63) is 83.7 Å². The molecule has 4 rings (SSSR count). The van der Waals surface area contributed by atoms with Gasteiger partial charge in [-0.15, -0.1) is 0 Å². The fourth-order valence-corrected chi connectivity index (χ4v) is 4.93. The molecule has 0 radical (unpaired) electrons. The van der Waals surface area contributed by atoms with Gasteiger partial charge in [0, 0.05) is 14.2 Å². The second kappa shape index (κ2) is 10.2. The SMILES string of the molecule is COCCS(=O)(=O)Oc1ccc(C2(c3cccc(-c4ccc(F)c(OC)c4)c3)N=C(N)N(C)C2=O)cc1. The number of rotatable bonds is 9. The second-order valence-corrected chi connectivity index (χ2v) is 10.0. The first-order valence-electron chi connectivity index (χ1n) is 11.2. The van der Waals surface area contributed by atoms with E-state index in [-0.39, 0.29) is 35.7 Å². The number of methoxy groups -OCH3 is 2. The summed E-state index contributed by atoms with van der Waals surface area (Å²) in [5.41, 5.74) is 6.90. The number of aliphatic imine (C=N–C) groups is 1. The minimum absolute atomic E-state index is 0.00533. The van der Waals surface area contributed by atoms with E-state index in [1.807, 2.05) is 6.07 Å². The summed E-state index contributed by atoms with van der Waals surface area (Å²) in [6.07, 6.45) is 0. The van der Waals surface area contributed by atoms with Gasteiger partial charge in [-0.1, -0.05) is 36.4 Å². The minimum Gasteiger partial charge on any atom is -0.494 e. The molecule has 11 heteroatoms. The highest BCUT2D eigenvalue weighted by molar-refractivity contribution is 7.87. The zero-order valence-corrected chi connectivity index (χ0v) is 21.3. The lowest BCUT2D eigenvalue weighted by atomic mass is 9.81. The topological polar surface area (TPSA) is 121 Å². The summed E-state index contributed by atoms with van der Waals surface area (Å²) < 4.78 is 53.3. The molecule has 0 bridgehead atoms. The van der Waals surface area contributed by atoms with Crippen molar-refractivity contribution in [2.75, 3.05) is 33.6 Å². The highest BCUT2D eigenvalue weighted by atomic mass is 32.2. The number of hydrogen-bond acceptors (Lipinski definition) is 8. The monoisotopic (exact) mass is 527 g/mol. The van der Waals surface area contributed by atoms with Crippen molar-refractivity contribution >= 4 is 22.0 Å². The number of nitrogens with zero attached hydrogens (tertiary/aromatic N) is 2. The summed E-state index contributed by atoms with van der Waals surface area (Å²) in [4.78, 5) is 19.4. The highest BCUT2D eigenvalue weighted by Gasteiger charge is 2.49. The van der Waals surface area contributed by atoms with Gasteiger partial charge in [0.25, 0.3) is 5.91 Å². The van der Waals surface area contributed by atoms with Crippen LogP contribution in [0.5, 0.6) is 11.5 Å². The van der Waals surface area contributed by atoms with Crippen LogP contribution < -0.4 is 14.7 Å². The molecular weight excluding hydrogens is 501 g/mol. The van der Waals surface area contributed by atoms with E-state index in [0.29, 0.717) is 22.3 Å². The molecule has 0 aliphatic carbocycles. The standard InChI is InChI=1S/C26H26FN3O6S/c1-30-24(31)26(29-25(30)28,19-8-10-21(11-9-19)36-37(32,33)14-13-34-2)20-6-4-5-17(15-20)18-7-12-22(27)23(16-18)35-3/h4-12,15-16H,13-14H2,1-3H3,(H2,28,29). The Labute approximate surface area is 214 Å². The van der Waals surface area contributed by atoms with Crippen molar-refractivity contribution in [1.29, 1.82) is 0 Å². The van der Waals surface area contributed by atoms with Crippen LogP contribution in [0.2, 0.25) is 0 Å². The van der Waals surface area contributed by atoms with Gasteiger partial charge in [0.1, 0.15) is 11.5 Å². The average molecular weight is 528 g/mol. The summed E-state index contributed by atoms with van der Waals surface area (Å²) in [6, 6.07) is 17.6. The first-order valence-corrected chi connectivity index (χ1v) is 12.8. The van der Waals surface area contributed by atoms with Crippen LogP contribution >= 0.6 is 0 Å². The minimum atomic E-state index is -3.85. The Morgan fingerprint density at radius 2 is 1.70 bits per heavy atom. The predicted octanol–water partition coefficient (Wildman–Crippen LogP) is 2.89. The van der Waals surface area contributed by atoms with Crippen molar-refractivity contribution in [2.45, 2.75) is 5.54 Å². The summed E-state index contributed by atoms with van der Waals surface area (Å²) in [7, 11) is 0.450. The normalized spacial score (nSPS) is 17.6. The molecule has 9 nitrogen and oxygen atoms in total. The quantitative estimate of drug-likeness (QED) is 0.425. The molecule has 0 saturated heterocycles. The number of hydrogen-bond donors (Lipinski definition) is 1. The number of carbonyl (C=O) groups is 1. The Kier molecular flexibility index (Phi) is 7.19. The molecule has 3 aromatic carbocycles. The van der Waals surface area contributed by atoms with E-state index in [1.54, 1.807) is 42.5 Å². The van der Waals surface area contributed by atoms with Crippen LogP contribution in [0, 0.1) is 5.82 Å². The van der Waals surface area contributed by atoms with Crippen molar-refractivity contribution < 1.29 is 31.3 Å². The van der Waals surface area contributed by atoms with Crippen LogP contribution in [0.3, 0.4) is 0 Å². The van der Waals surface area contributed by atoms with Gasteiger partial charge in [-0.05, 0) is 52.6 Å². The van der Waals surface area contributed by atoms with Gasteiger partial charge in [0.2, 0.25) is 0 Å². The van der Waals surface area contributed by atoms with Gasteiger partial charge in [-0.3, -0.25) is 9.69 Å². The molecule has 37 heavy (non-hydrogen) atoms. The molecule has 0 spiro atoms. The van der Waals surface area contributed by atoms with Crippen LogP contribution in [0.1, 0.15) is 11.1 Å². The third kappa shape index (κ3) is 5.00. The fourth-order valence-electron chi connectivity index (χ4n) is 4.07. The predicted molar refractivity (Wildman–Crippen MR) is 136 cm³/mol. The largest absolute Gasteiger partial charge is 0.494 e. The number of carbonyl (C=O) groups excluding carboxylic acids is 1. The van der Waals surface area contributed by atoms with Crippen molar-refractivity contribution in [3.63, 3.8) is 0 Å². The number of halogens is 1. The first kappa shape index (κ1) is 26.1.